The SMILES string of the molecule is Cc1cc(-c2cccs2)nn1CCNC(=O)c1ccc(-n2cccc2)cc1. The molecule has 3 aromatic heterocycles. The first-order chi connectivity index (χ1) is 13.2. The summed E-state index contributed by atoms with van der Waals surface area (Å²) in [6.07, 6.45) is 3.96. The number of hydrogen-bond acceptors (Lipinski definition) is 3. The minimum atomic E-state index is -0.0719. The van der Waals surface area contributed by atoms with Crippen molar-refractivity contribution in [2.45, 2.75) is 13.5 Å². The van der Waals surface area contributed by atoms with Crippen LogP contribution in [0.25, 0.3) is 16.3 Å². The van der Waals surface area contributed by atoms with Crippen LogP contribution in [0, 0.1) is 6.92 Å². The van der Waals surface area contributed by atoms with Gasteiger partial charge in [-0.15, -0.1) is 11.3 Å². The summed E-state index contributed by atoms with van der Waals surface area (Å²) < 4.78 is 3.94. The van der Waals surface area contributed by atoms with Gasteiger partial charge in [-0.3, -0.25) is 9.48 Å². The Balaban J connectivity index is 1.34. The fourth-order valence-corrected chi connectivity index (χ4v) is 3.63. The summed E-state index contributed by atoms with van der Waals surface area (Å²) in [4.78, 5) is 13.5. The molecule has 0 bridgehead atoms. The van der Waals surface area contributed by atoms with E-state index in [1.54, 1.807) is 11.3 Å². The molecule has 3 heterocycles. The molecule has 1 N–H and O–H groups in total. The first-order valence-corrected chi connectivity index (χ1v) is 9.68. The second kappa shape index (κ2) is 7.63. The number of thiophene rings is 1. The van der Waals surface area contributed by atoms with Gasteiger partial charge in [-0.25, -0.2) is 0 Å². The number of carbonyl (C=O) groups excluding carboxylic acids is 1. The number of benzene rings is 1. The molecule has 0 saturated heterocycles. The van der Waals surface area contributed by atoms with Crippen molar-refractivity contribution in [2.24, 2.45) is 0 Å². The van der Waals surface area contributed by atoms with Crippen LogP contribution in [0.5, 0.6) is 0 Å². The molecule has 0 spiro atoms. The molecule has 0 aliphatic heterocycles. The van der Waals surface area contributed by atoms with Gasteiger partial charge < -0.3 is 9.88 Å². The van der Waals surface area contributed by atoms with Crippen LogP contribution < -0.4 is 5.32 Å². The van der Waals surface area contributed by atoms with E-state index in [0.29, 0.717) is 18.7 Å². The van der Waals surface area contributed by atoms with E-state index >= 15 is 0 Å². The minimum Gasteiger partial charge on any atom is -0.350 e. The zero-order valence-electron chi connectivity index (χ0n) is 15.0. The van der Waals surface area contributed by atoms with E-state index in [0.717, 1.165) is 22.0 Å². The minimum absolute atomic E-state index is 0.0719. The van der Waals surface area contributed by atoms with E-state index in [4.69, 9.17) is 0 Å². The van der Waals surface area contributed by atoms with Gasteiger partial charge in [0, 0.05) is 35.9 Å². The predicted molar refractivity (Wildman–Crippen MR) is 108 cm³/mol. The third-order valence-electron chi connectivity index (χ3n) is 4.40. The lowest BCUT2D eigenvalue weighted by Gasteiger charge is -2.08. The average molecular weight is 376 g/mol. The highest BCUT2D eigenvalue weighted by atomic mass is 32.1. The van der Waals surface area contributed by atoms with E-state index in [-0.39, 0.29) is 5.91 Å². The Morgan fingerprint density at radius 2 is 1.89 bits per heavy atom. The number of carbonyl (C=O) groups is 1. The van der Waals surface area contributed by atoms with Crippen LogP contribution in [0.3, 0.4) is 0 Å². The highest BCUT2D eigenvalue weighted by molar-refractivity contribution is 7.13. The molecule has 1 amide bonds. The Hall–Kier alpha value is -3.12. The molecule has 136 valence electrons. The van der Waals surface area contributed by atoms with Crippen molar-refractivity contribution in [3.8, 4) is 16.3 Å². The molecule has 4 aromatic rings. The summed E-state index contributed by atoms with van der Waals surface area (Å²) in [7, 11) is 0. The van der Waals surface area contributed by atoms with Gasteiger partial charge in [0.05, 0.1) is 11.4 Å². The molecule has 1 aromatic carbocycles. The Labute approximate surface area is 161 Å². The summed E-state index contributed by atoms with van der Waals surface area (Å²) in [5.41, 5.74) is 3.75. The maximum absolute atomic E-state index is 12.4. The first kappa shape index (κ1) is 17.3. The summed E-state index contributed by atoms with van der Waals surface area (Å²) in [6.45, 7) is 3.21. The fraction of sp³-hybridized carbons (Fsp3) is 0.143. The average Bonchev–Trinajstić information content (AvgIpc) is 3.44. The van der Waals surface area contributed by atoms with Crippen LogP contribution in [0.1, 0.15) is 16.1 Å². The van der Waals surface area contributed by atoms with Gasteiger partial charge in [0.1, 0.15) is 5.69 Å². The second-order valence-electron chi connectivity index (χ2n) is 6.26. The van der Waals surface area contributed by atoms with Crippen molar-refractivity contribution in [1.82, 2.24) is 19.7 Å². The molecule has 0 radical (unpaired) electrons. The molecule has 0 atom stereocenters. The van der Waals surface area contributed by atoms with E-state index in [1.165, 1.54) is 0 Å². The normalized spacial score (nSPS) is 10.9. The van der Waals surface area contributed by atoms with Crippen LogP contribution in [0.15, 0.2) is 72.4 Å². The zero-order valence-corrected chi connectivity index (χ0v) is 15.8. The molecule has 27 heavy (non-hydrogen) atoms. The zero-order chi connectivity index (χ0) is 18.6. The molecular formula is C21H20N4OS. The van der Waals surface area contributed by atoms with Gasteiger partial charge in [0.25, 0.3) is 5.91 Å². The Kier molecular flexibility index (Phi) is 4.89. The van der Waals surface area contributed by atoms with Gasteiger partial charge in [0.2, 0.25) is 0 Å². The highest BCUT2D eigenvalue weighted by Gasteiger charge is 2.09. The monoisotopic (exact) mass is 376 g/mol. The van der Waals surface area contributed by atoms with Crippen molar-refractivity contribution in [1.29, 1.82) is 0 Å². The summed E-state index contributed by atoms with van der Waals surface area (Å²) in [6, 6.07) is 17.7. The highest BCUT2D eigenvalue weighted by Crippen LogP contribution is 2.23. The summed E-state index contributed by atoms with van der Waals surface area (Å²) in [5.74, 6) is -0.0719. The number of rotatable bonds is 6. The maximum Gasteiger partial charge on any atom is 0.251 e. The molecule has 0 saturated carbocycles. The third-order valence-corrected chi connectivity index (χ3v) is 5.29. The fourth-order valence-electron chi connectivity index (χ4n) is 2.95. The van der Waals surface area contributed by atoms with Crippen molar-refractivity contribution in [3.05, 3.63) is 83.6 Å². The molecule has 6 heteroatoms. The van der Waals surface area contributed by atoms with E-state index in [9.17, 15) is 4.79 Å². The van der Waals surface area contributed by atoms with Crippen LogP contribution in [0.4, 0.5) is 0 Å². The van der Waals surface area contributed by atoms with Crippen LogP contribution in [-0.2, 0) is 6.54 Å². The number of amides is 1. The molecule has 0 aliphatic rings. The lowest BCUT2D eigenvalue weighted by molar-refractivity contribution is 0.0952. The van der Waals surface area contributed by atoms with Gasteiger partial charge >= 0.3 is 0 Å². The van der Waals surface area contributed by atoms with E-state index in [2.05, 4.69) is 22.5 Å². The van der Waals surface area contributed by atoms with Crippen molar-refractivity contribution >= 4 is 17.2 Å². The van der Waals surface area contributed by atoms with Crippen LogP contribution in [-0.4, -0.2) is 26.8 Å². The lowest BCUT2D eigenvalue weighted by Crippen LogP contribution is -2.27. The molecule has 0 fully saturated rings. The number of aryl methyl sites for hydroxylation is 1. The van der Waals surface area contributed by atoms with Gasteiger partial charge in [-0.1, -0.05) is 6.07 Å². The quantitative estimate of drug-likeness (QED) is 0.550. The largest absolute Gasteiger partial charge is 0.350 e. The molecule has 0 aliphatic carbocycles. The van der Waals surface area contributed by atoms with E-state index in [1.807, 2.05) is 76.4 Å². The van der Waals surface area contributed by atoms with Gasteiger partial charge in [0.15, 0.2) is 0 Å². The first-order valence-electron chi connectivity index (χ1n) is 8.81. The molecule has 5 nitrogen and oxygen atoms in total. The Bertz CT molecular complexity index is 1020. The van der Waals surface area contributed by atoms with Crippen molar-refractivity contribution < 1.29 is 4.79 Å². The van der Waals surface area contributed by atoms with Gasteiger partial charge in [-0.05, 0) is 60.8 Å². The number of aromatic nitrogens is 3. The number of hydrogen-bond donors (Lipinski definition) is 1. The van der Waals surface area contributed by atoms with Crippen molar-refractivity contribution in [2.75, 3.05) is 6.54 Å². The lowest BCUT2D eigenvalue weighted by atomic mass is 10.2. The summed E-state index contributed by atoms with van der Waals surface area (Å²) in [5, 5.41) is 9.65. The standard InChI is InChI=1S/C21H20N4OS/c1-16-15-19(20-5-4-14-27-20)23-25(16)13-10-22-21(26)17-6-8-18(9-7-17)24-11-2-3-12-24/h2-9,11-12,14-15H,10,13H2,1H3,(H,22,26). The topological polar surface area (TPSA) is 51.9 Å². The smallest absolute Gasteiger partial charge is 0.251 e. The third kappa shape index (κ3) is 3.85. The van der Waals surface area contributed by atoms with Crippen LogP contribution in [0.2, 0.25) is 0 Å². The summed E-state index contributed by atoms with van der Waals surface area (Å²) >= 11 is 1.68. The number of nitrogens with one attached hydrogen (secondary N) is 1. The van der Waals surface area contributed by atoms with E-state index < -0.39 is 0 Å². The second-order valence-corrected chi connectivity index (χ2v) is 7.21. The Morgan fingerprint density at radius 3 is 2.59 bits per heavy atom. The Morgan fingerprint density at radius 1 is 1.11 bits per heavy atom. The number of nitrogens with zero attached hydrogens (tertiary/aromatic N) is 3. The van der Waals surface area contributed by atoms with Crippen LogP contribution >= 0.6 is 11.3 Å². The van der Waals surface area contributed by atoms with Gasteiger partial charge in [-0.2, -0.15) is 5.10 Å². The van der Waals surface area contributed by atoms with Crippen molar-refractivity contribution in [3.63, 3.8) is 0 Å². The maximum atomic E-state index is 12.4. The molecular weight excluding hydrogens is 356 g/mol. The predicted octanol–water partition coefficient (Wildman–Crippen LogP) is 4.14. The molecule has 0 unspecified atom stereocenters. The molecule has 4 rings (SSSR count).